The molecule has 22 heavy (non-hydrogen) atoms. The molecule has 4 nitrogen and oxygen atoms in total. The zero-order valence-corrected chi connectivity index (χ0v) is 13.6. The molecule has 122 valence electrons. The summed E-state index contributed by atoms with van der Waals surface area (Å²) in [5.74, 6) is -0.00334. The molecular formula is C18H27NO3. The Hall–Kier alpha value is -1.84. The zero-order valence-electron chi connectivity index (χ0n) is 13.6. The van der Waals surface area contributed by atoms with E-state index in [2.05, 4.69) is 10.1 Å². The van der Waals surface area contributed by atoms with Crippen LogP contribution in [0.1, 0.15) is 51.0 Å². The van der Waals surface area contributed by atoms with Crippen molar-refractivity contribution in [2.45, 2.75) is 52.0 Å². The van der Waals surface area contributed by atoms with Gasteiger partial charge in [0.1, 0.15) is 0 Å². The smallest absolute Gasteiger partial charge is 0.305 e. The van der Waals surface area contributed by atoms with E-state index in [-0.39, 0.29) is 17.8 Å². The van der Waals surface area contributed by atoms with Crippen LogP contribution in [0.5, 0.6) is 0 Å². The van der Waals surface area contributed by atoms with Crippen LogP contribution in [0.25, 0.3) is 0 Å². The van der Waals surface area contributed by atoms with Crippen molar-refractivity contribution in [3.8, 4) is 0 Å². The Balaban J connectivity index is 2.07. The SMILES string of the molecule is COC(=O)CCCCCCC(C)C(=O)NCc1ccccc1. The van der Waals surface area contributed by atoms with Gasteiger partial charge >= 0.3 is 5.97 Å². The van der Waals surface area contributed by atoms with E-state index in [1.165, 1.54) is 7.11 Å². The Morgan fingerprint density at radius 2 is 1.77 bits per heavy atom. The summed E-state index contributed by atoms with van der Waals surface area (Å²) < 4.78 is 4.60. The highest BCUT2D eigenvalue weighted by atomic mass is 16.5. The molecule has 0 heterocycles. The number of hydrogen-bond acceptors (Lipinski definition) is 3. The van der Waals surface area contributed by atoms with Gasteiger partial charge in [-0.05, 0) is 18.4 Å². The molecule has 0 spiro atoms. The number of benzene rings is 1. The van der Waals surface area contributed by atoms with Gasteiger partial charge in [-0.1, -0.05) is 56.5 Å². The standard InChI is InChI=1S/C18H27NO3/c1-15(10-6-3-4-9-13-17(20)22-2)18(21)19-14-16-11-7-5-8-12-16/h5,7-8,11-12,15H,3-4,6,9-10,13-14H2,1-2H3,(H,19,21). The second-order valence-corrected chi connectivity index (χ2v) is 5.63. The Bertz CT molecular complexity index is 445. The van der Waals surface area contributed by atoms with Crippen molar-refractivity contribution in [2.75, 3.05) is 7.11 Å². The minimum atomic E-state index is -0.145. The van der Waals surface area contributed by atoms with Gasteiger partial charge in [-0.3, -0.25) is 9.59 Å². The molecule has 0 fully saturated rings. The predicted molar refractivity (Wildman–Crippen MR) is 87.2 cm³/mol. The van der Waals surface area contributed by atoms with Crippen LogP contribution in [0.3, 0.4) is 0 Å². The van der Waals surface area contributed by atoms with Crippen molar-refractivity contribution < 1.29 is 14.3 Å². The van der Waals surface area contributed by atoms with Crippen LogP contribution in [0.15, 0.2) is 30.3 Å². The van der Waals surface area contributed by atoms with Crippen LogP contribution < -0.4 is 5.32 Å². The number of hydrogen-bond donors (Lipinski definition) is 1. The molecule has 0 bridgehead atoms. The highest BCUT2D eigenvalue weighted by Gasteiger charge is 2.11. The molecular weight excluding hydrogens is 278 g/mol. The first kappa shape index (κ1) is 18.2. The topological polar surface area (TPSA) is 55.4 Å². The summed E-state index contributed by atoms with van der Waals surface area (Å²) in [6.07, 6.45) is 5.31. The highest BCUT2D eigenvalue weighted by Crippen LogP contribution is 2.12. The number of rotatable bonds is 10. The van der Waals surface area contributed by atoms with E-state index in [1.807, 2.05) is 37.3 Å². The van der Waals surface area contributed by atoms with Gasteiger partial charge in [0.15, 0.2) is 0 Å². The quantitative estimate of drug-likeness (QED) is 0.532. The van der Waals surface area contributed by atoms with E-state index in [0.29, 0.717) is 13.0 Å². The molecule has 0 radical (unpaired) electrons. The van der Waals surface area contributed by atoms with Crippen LogP contribution in [0.2, 0.25) is 0 Å². The molecule has 0 aliphatic heterocycles. The lowest BCUT2D eigenvalue weighted by atomic mass is 10.0. The van der Waals surface area contributed by atoms with Crippen LogP contribution in [0.4, 0.5) is 0 Å². The third kappa shape index (κ3) is 7.81. The number of amides is 1. The normalized spacial score (nSPS) is 11.7. The van der Waals surface area contributed by atoms with Crippen molar-refractivity contribution in [3.05, 3.63) is 35.9 Å². The first-order valence-corrected chi connectivity index (χ1v) is 8.02. The molecule has 4 heteroatoms. The number of carbonyl (C=O) groups is 2. The number of nitrogens with one attached hydrogen (secondary N) is 1. The molecule has 0 aromatic heterocycles. The van der Waals surface area contributed by atoms with E-state index < -0.39 is 0 Å². The second-order valence-electron chi connectivity index (χ2n) is 5.63. The minimum Gasteiger partial charge on any atom is -0.469 e. The lowest BCUT2D eigenvalue weighted by Gasteiger charge is -2.12. The summed E-state index contributed by atoms with van der Waals surface area (Å²) in [4.78, 5) is 22.9. The van der Waals surface area contributed by atoms with E-state index in [9.17, 15) is 9.59 Å². The number of methoxy groups -OCH3 is 1. The van der Waals surface area contributed by atoms with Crippen LogP contribution in [-0.4, -0.2) is 19.0 Å². The van der Waals surface area contributed by atoms with Crippen molar-refractivity contribution in [3.63, 3.8) is 0 Å². The van der Waals surface area contributed by atoms with Gasteiger partial charge in [-0.15, -0.1) is 0 Å². The third-order valence-corrected chi connectivity index (χ3v) is 3.75. The molecule has 0 saturated carbocycles. The summed E-state index contributed by atoms with van der Waals surface area (Å²) in [5, 5.41) is 2.97. The summed E-state index contributed by atoms with van der Waals surface area (Å²) in [7, 11) is 1.41. The van der Waals surface area contributed by atoms with E-state index in [0.717, 1.165) is 37.7 Å². The number of carbonyl (C=O) groups excluding carboxylic acids is 2. The number of ether oxygens (including phenoxy) is 1. The average molecular weight is 305 g/mol. The van der Waals surface area contributed by atoms with Gasteiger partial charge in [-0.2, -0.15) is 0 Å². The maximum Gasteiger partial charge on any atom is 0.305 e. The fraction of sp³-hybridized carbons (Fsp3) is 0.556. The van der Waals surface area contributed by atoms with Crippen molar-refractivity contribution in [2.24, 2.45) is 5.92 Å². The van der Waals surface area contributed by atoms with E-state index >= 15 is 0 Å². The summed E-state index contributed by atoms with van der Waals surface area (Å²) >= 11 is 0. The molecule has 1 rings (SSSR count). The Kier molecular flexibility index (Phi) is 8.96. The Morgan fingerprint density at radius 3 is 2.45 bits per heavy atom. The molecule has 0 aliphatic rings. The summed E-state index contributed by atoms with van der Waals surface area (Å²) in [5.41, 5.74) is 1.12. The van der Waals surface area contributed by atoms with Crippen LogP contribution in [0, 0.1) is 5.92 Å². The van der Waals surface area contributed by atoms with Crippen LogP contribution >= 0.6 is 0 Å². The lowest BCUT2D eigenvalue weighted by Crippen LogP contribution is -2.28. The highest BCUT2D eigenvalue weighted by molar-refractivity contribution is 5.78. The Labute approximate surface area is 133 Å². The van der Waals surface area contributed by atoms with Crippen molar-refractivity contribution in [1.29, 1.82) is 0 Å². The molecule has 1 aromatic carbocycles. The third-order valence-electron chi connectivity index (χ3n) is 3.75. The van der Waals surface area contributed by atoms with Crippen LogP contribution in [-0.2, 0) is 20.9 Å². The van der Waals surface area contributed by atoms with Crippen molar-refractivity contribution in [1.82, 2.24) is 5.32 Å². The maximum atomic E-state index is 12.0. The second kappa shape index (κ2) is 10.8. The van der Waals surface area contributed by atoms with Crippen molar-refractivity contribution >= 4 is 11.9 Å². The van der Waals surface area contributed by atoms with Gasteiger partial charge in [0, 0.05) is 18.9 Å². The molecule has 1 unspecified atom stereocenters. The minimum absolute atomic E-state index is 0.0318. The first-order chi connectivity index (χ1) is 10.6. The van der Waals surface area contributed by atoms with Gasteiger partial charge < -0.3 is 10.1 Å². The van der Waals surface area contributed by atoms with Gasteiger partial charge in [0.25, 0.3) is 0 Å². The van der Waals surface area contributed by atoms with E-state index in [4.69, 9.17) is 0 Å². The van der Waals surface area contributed by atoms with Gasteiger partial charge in [0.05, 0.1) is 7.11 Å². The molecule has 0 aliphatic carbocycles. The fourth-order valence-electron chi connectivity index (χ4n) is 2.27. The largest absolute Gasteiger partial charge is 0.469 e. The first-order valence-electron chi connectivity index (χ1n) is 8.02. The zero-order chi connectivity index (χ0) is 16.2. The average Bonchev–Trinajstić information content (AvgIpc) is 2.56. The maximum absolute atomic E-state index is 12.0. The van der Waals surface area contributed by atoms with E-state index in [1.54, 1.807) is 0 Å². The predicted octanol–water partition coefficient (Wildman–Crippen LogP) is 3.45. The van der Waals surface area contributed by atoms with Gasteiger partial charge in [0.2, 0.25) is 5.91 Å². The number of esters is 1. The lowest BCUT2D eigenvalue weighted by molar-refractivity contribution is -0.140. The summed E-state index contributed by atoms with van der Waals surface area (Å²) in [6.45, 7) is 2.55. The van der Waals surface area contributed by atoms with Gasteiger partial charge in [-0.25, -0.2) is 0 Å². The number of unbranched alkanes of at least 4 members (excludes halogenated alkanes) is 3. The molecule has 0 saturated heterocycles. The molecule has 1 N–H and O–H groups in total. The fourth-order valence-corrected chi connectivity index (χ4v) is 2.27. The Morgan fingerprint density at radius 1 is 1.09 bits per heavy atom. The molecule has 1 amide bonds. The molecule has 1 atom stereocenters. The summed E-state index contributed by atoms with van der Waals surface area (Å²) in [6, 6.07) is 9.92. The monoisotopic (exact) mass is 305 g/mol. The molecule has 1 aromatic rings.